The van der Waals surface area contributed by atoms with Crippen LogP contribution >= 0.6 is 0 Å². The average Bonchev–Trinajstić information content (AvgIpc) is 3.03. The summed E-state index contributed by atoms with van der Waals surface area (Å²) in [6.45, 7) is 0. The average molecular weight is 338 g/mol. The number of hydrogen-bond acceptors (Lipinski definition) is 3. The van der Waals surface area contributed by atoms with Crippen molar-refractivity contribution in [2.24, 2.45) is 0 Å². The van der Waals surface area contributed by atoms with Crippen molar-refractivity contribution in [3.8, 4) is 11.1 Å². The molecule has 2 N–H and O–H groups in total. The molecule has 5 rings (SSSR count). The number of fused-ring (bicyclic) bond motifs is 4. The van der Waals surface area contributed by atoms with Gasteiger partial charge in [0.2, 0.25) is 0 Å². The number of hydrogen-bond donors (Lipinski definition) is 2. The molecule has 4 aromatic carbocycles. The Hall–Kier alpha value is -3.08. The molecule has 4 heteroatoms. The van der Waals surface area contributed by atoms with Crippen LogP contribution in [0.2, 0.25) is 0 Å². The van der Waals surface area contributed by atoms with Crippen LogP contribution in [-0.2, 0) is 0 Å². The Labute approximate surface area is 150 Å². The van der Waals surface area contributed by atoms with Crippen molar-refractivity contribution >= 4 is 45.3 Å². The smallest absolute Gasteiger partial charge is 0.456 e. The minimum atomic E-state index is -1.47. The van der Waals surface area contributed by atoms with Gasteiger partial charge in [0.25, 0.3) is 0 Å². The third-order valence-electron chi connectivity index (χ3n) is 4.86. The van der Waals surface area contributed by atoms with Gasteiger partial charge in [0, 0.05) is 10.8 Å². The summed E-state index contributed by atoms with van der Waals surface area (Å²) in [5.41, 5.74) is 4.14. The molecule has 124 valence electrons. The summed E-state index contributed by atoms with van der Waals surface area (Å²) in [5, 5.41) is 23.3. The van der Waals surface area contributed by atoms with Crippen molar-refractivity contribution in [2.45, 2.75) is 0 Å². The molecule has 0 aliphatic heterocycles. The highest BCUT2D eigenvalue weighted by Crippen LogP contribution is 2.34. The van der Waals surface area contributed by atoms with Crippen LogP contribution in [0.1, 0.15) is 0 Å². The van der Waals surface area contributed by atoms with E-state index in [4.69, 9.17) is 4.42 Å². The van der Waals surface area contributed by atoms with Crippen LogP contribution in [0.3, 0.4) is 0 Å². The second-order valence-electron chi connectivity index (χ2n) is 6.51. The van der Waals surface area contributed by atoms with Crippen LogP contribution in [-0.4, -0.2) is 17.2 Å². The maximum Gasteiger partial charge on any atom is 0.488 e. The molecule has 0 aliphatic rings. The zero-order valence-electron chi connectivity index (χ0n) is 13.9. The highest BCUT2D eigenvalue weighted by molar-refractivity contribution is 6.58. The van der Waals surface area contributed by atoms with E-state index in [2.05, 4.69) is 30.3 Å². The van der Waals surface area contributed by atoms with E-state index in [-0.39, 0.29) is 0 Å². The summed E-state index contributed by atoms with van der Waals surface area (Å²) >= 11 is 0. The lowest BCUT2D eigenvalue weighted by molar-refractivity contribution is 0.426. The lowest BCUT2D eigenvalue weighted by atomic mass is 9.79. The van der Waals surface area contributed by atoms with Crippen molar-refractivity contribution in [3.63, 3.8) is 0 Å². The zero-order chi connectivity index (χ0) is 17.7. The maximum atomic E-state index is 9.42. The SMILES string of the molecule is OB(O)c1cccc(-c2ccc3oc4cc5ccccc5cc4c3c2)c1. The molecule has 0 saturated carbocycles. The highest BCUT2D eigenvalue weighted by atomic mass is 16.4. The van der Waals surface area contributed by atoms with Crippen LogP contribution in [0.15, 0.2) is 83.3 Å². The fourth-order valence-electron chi connectivity index (χ4n) is 3.52. The van der Waals surface area contributed by atoms with Crippen LogP contribution in [0, 0.1) is 0 Å². The largest absolute Gasteiger partial charge is 0.488 e. The van der Waals surface area contributed by atoms with Gasteiger partial charge in [-0.05, 0) is 51.6 Å². The van der Waals surface area contributed by atoms with Gasteiger partial charge < -0.3 is 14.5 Å². The molecule has 5 aromatic rings. The van der Waals surface area contributed by atoms with E-state index < -0.39 is 7.12 Å². The van der Waals surface area contributed by atoms with E-state index in [1.165, 1.54) is 5.39 Å². The Kier molecular flexibility index (Phi) is 3.35. The third-order valence-corrected chi connectivity index (χ3v) is 4.86. The zero-order valence-corrected chi connectivity index (χ0v) is 13.9. The van der Waals surface area contributed by atoms with Gasteiger partial charge in [-0.2, -0.15) is 0 Å². The van der Waals surface area contributed by atoms with E-state index >= 15 is 0 Å². The minimum absolute atomic E-state index is 0.477. The number of rotatable bonds is 2. The fourth-order valence-corrected chi connectivity index (χ4v) is 3.52. The van der Waals surface area contributed by atoms with Gasteiger partial charge in [0.15, 0.2) is 0 Å². The first-order chi connectivity index (χ1) is 12.7. The maximum absolute atomic E-state index is 9.42. The number of benzene rings is 4. The van der Waals surface area contributed by atoms with Crippen LogP contribution in [0.5, 0.6) is 0 Å². The topological polar surface area (TPSA) is 53.6 Å². The molecule has 0 amide bonds. The van der Waals surface area contributed by atoms with Crippen molar-refractivity contribution in [3.05, 3.63) is 78.9 Å². The van der Waals surface area contributed by atoms with Crippen LogP contribution in [0.4, 0.5) is 0 Å². The van der Waals surface area contributed by atoms with Crippen LogP contribution < -0.4 is 5.46 Å². The van der Waals surface area contributed by atoms with Crippen molar-refractivity contribution in [1.82, 2.24) is 0 Å². The molecule has 0 unspecified atom stereocenters. The van der Waals surface area contributed by atoms with Gasteiger partial charge in [0.1, 0.15) is 11.2 Å². The lowest BCUT2D eigenvalue weighted by Gasteiger charge is -2.05. The second-order valence-corrected chi connectivity index (χ2v) is 6.51. The first-order valence-electron chi connectivity index (χ1n) is 8.50. The van der Waals surface area contributed by atoms with Crippen molar-refractivity contribution in [2.75, 3.05) is 0 Å². The minimum Gasteiger partial charge on any atom is -0.456 e. The first-order valence-corrected chi connectivity index (χ1v) is 8.50. The van der Waals surface area contributed by atoms with E-state index in [0.29, 0.717) is 5.46 Å². The van der Waals surface area contributed by atoms with E-state index in [1.54, 1.807) is 12.1 Å². The molecule has 0 saturated heterocycles. The summed E-state index contributed by atoms with van der Waals surface area (Å²) in [6, 6.07) is 25.8. The molecule has 0 spiro atoms. The van der Waals surface area contributed by atoms with Gasteiger partial charge in [-0.25, -0.2) is 0 Å². The molecule has 0 atom stereocenters. The quantitative estimate of drug-likeness (QED) is 0.477. The van der Waals surface area contributed by atoms with Gasteiger partial charge in [-0.15, -0.1) is 0 Å². The van der Waals surface area contributed by atoms with Gasteiger partial charge in [-0.1, -0.05) is 54.6 Å². The third kappa shape index (κ3) is 2.39. The summed E-state index contributed by atoms with van der Waals surface area (Å²) in [7, 11) is -1.47. The number of furan rings is 1. The Morgan fingerprint density at radius 3 is 2.15 bits per heavy atom. The predicted molar refractivity (Wildman–Crippen MR) is 106 cm³/mol. The molecule has 0 radical (unpaired) electrons. The summed E-state index contributed by atoms with van der Waals surface area (Å²) in [5.74, 6) is 0. The normalized spacial score (nSPS) is 11.5. The molecule has 0 fully saturated rings. The van der Waals surface area contributed by atoms with Gasteiger partial charge in [-0.3, -0.25) is 0 Å². The second kappa shape index (κ2) is 5.73. The molecular formula is C22H15BO3. The predicted octanol–water partition coefficient (Wildman–Crippen LogP) is 4.09. The first kappa shape index (κ1) is 15.2. The van der Waals surface area contributed by atoms with Gasteiger partial charge in [0.05, 0.1) is 0 Å². The Morgan fingerprint density at radius 1 is 0.615 bits per heavy atom. The van der Waals surface area contributed by atoms with Crippen LogP contribution in [0.25, 0.3) is 43.8 Å². The van der Waals surface area contributed by atoms with Crippen molar-refractivity contribution in [1.29, 1.82) is 0 Å². The molecular weight excluding hydrogens is 323 g/mol. The van der Waals surface area contributed by atoms with E-state index in [1.807, 2.05) is 36.4 Å². The van der Waals surface area contributed by atoms with Crippen molar-refractivity contribution < 1.29 is 14.5 Å². The Morgan fingerprint density at radius 2 is 1.35 bits per heavy atom. The molecule has 1 aromatic heterocycles. The molecule has 0 aliphatic carbocycles. The van der Waals surface area contributed by atoms with Gasteiger partial charge >= 0.3 is 7.12 Å². The summed E-state index contributed by atoms with van der Waals surface area (Å²) in [6.07, 6.45) is 0. The highest BCUT2D eigenvalue weighted by Gasteiger charge is 2.13. The fraction of sp³-hybridized carbons (Fsp3) is 0. The lowest BCUT2D eigenvalue weighted by Crippen LogP contribution is -2.29. The molecule has 26 heavy (non-hydrogen) atoms. The van der Waals surface area contributed by atoms with E-state index in [0.717, 1.165) is 38.5 Å². The molecule has 1 heterocycles. The standard InChI is InChI=1S/C22H15BO3/c24-23(25)18-7-3-6-14(10-18)17-8-9-21-19(12-17)20-11-15-4-1-2-5-16(15)13-22(20)26-21/h1-13,24-25H. The van der Waals surface area contributed by atoms with E-state index in [9.17, 15) is 10.0 Å². The summed E-state index contributed by atoms with van der Waals surface area (Å²) < 4.78 is 6.03. The molecule has 3 nitrogen and oxygen atoms in total. The Balaban J connectivity index is 1.74. The monoisotopic (exact) mass is 338 g/mol. The molecule has 0 bridgehead atoms. The Bertz CT molecular complexity index is 1270. The summed E-state index contributed by atoms with van der Waals surface area (Å²) in [4.78, 5) is 0.